The van der Waals surface area contributed by atoms with E-state index in [4.69, 9.17) is 4.42 Å². The average Bonchev–Trinajstić information content (AvgIpc) is 3.05. The molecule has 4 aromatic rings. The Balaban J connectivity index is 1.59. The highest BCUT2D eigenvalue weighted by Crippen LogP contribution is 2.39. The number of hydrogen-bond acceptors (Lipinski definition) is 6. The van der Waals surface area contributed by atoms with E-state index in [1.165, 1.54) is 63.3 Å². The molecular weight excluding hydrogens is 613 g/mol. The van der Waals surface area contributed by atoms with Crippen molar-refractivity contribution in [1.29, 1.82) is 0 Å². The van der Waals surface area contributed by atoms with Crippen molar-refractivity contribution in [3.63, 3.8) is 0 Å². The van der Waals surface area contributed by atoms with E-state index in [0.29, 0.717) is 16.2 Å². The van der Waals surface area contributed by atoms with Crippen molar-refractivity contribution in [1.82, 2.24) is 0 Å². The maximum Gasteiger partial charge on any atom is 0.416 e. The van der Waals surface area contributed by atoms with E-state index in [0.717, 1.165) is 48.4 Å². The Hall–Kier alpha value is -3.82. The van der Waals surface area contributed by atoms with Crippen LogP contribution in [0.5, 0.6) is 0 Å². The molecule has 0 aliphatic carbocycles. The molecule has 0 unspecified atom stereocenters. The largest absolute Gasteiger partial charge is 0.463 e. The van der Waals surface area contributed by atoms with E-state index in [-0.39, 0.29) is 22.3 Å². The van der Waals surface area contributed by atoms with Gasteiger partial charge in [-0.3, -0.25) is 4.79 Å². The van der Waals surface area contributed by atoms with E-state index in [1.54, 1.807) is 18.2 Å². The lowest BCUT2D eigenvalue weighted by molar-refractivity contribution is -0.137. The fourth-order valence-electron chi connectivity index (χ4n) is 5.21. The second kappa shape index (κ2) is 16.7. The Morgan fingerprint density at radius 2 is 1.65 bits per heavy atom. The molecule has 9 heteroatoms. The first-order valence-electron chi connectivity index (χ1n) is 15.6. The first-order valence-corrected chi connectivity index (χ1v) is 16.4. The molecule has 46 heavy (non-hydrogen) atoms. The summed E-state index contributed by atoms with van der Waals surface area (Å²) in [5.41, 5.74) is 1.20. The molecule has 3 aromatic carbocycles. The smallest absolute Gasteiger partial charge is 0.416 e. The van der Waals surface area contributed by atoms with Crippen LogP contribution < -0.4 is 5.43 Å². The van der Waals surface area contributed by atoms with Crippen LogP contribution >= 0.6 is 11.8 Å². The second-order valence-electron chi connectivity index (χ2n) is 11.3. The van der Waals surface area contributed by atoms with Gasteiger partial charge in [-0.15, -0.1) is 0 Å². The van der Waals surface area contributed by atoms with Gasteiger partial charge in [0.15, 0.2) is 5.43 Å². The summed E-state index contributed by atoms with van der Waals surface area (Å²) in [7, 11) is 1.18. The predicted octanol–water partition coefficient (Wildman–Crippen LogP) is 9.84. The van der Waals surface area contributed by atoms with Crippen LogP contribution in [-0.4, -0.2) is 18.2 Å². The van der Waals surface area contributed by atoms with Crippen molar-refractivity contribution in [2.24, 2.45) is 0 Å². The second-order valence-corrected chi connectivity index (χ2v) is 12.4. The minimum atomic E-state index is -4.56. The van der Waals surface area contributed by atoms with Gasteiger partial charge in [-0.1, -0.05) is 99.7 Å². The van der Waals surface area contributed by atoms with Crippen LogP contribution in [0, 0.1) is 0 Å². The van der Waals surface area contributed by atoms with E-state index in [9.17, 15) is 27.9 Å². The number of ether oxygens (including phenoxy) is 1. The highest BCUT2D eigenvalue weighted by Gasteiger charge is 2.31. The first kappa shape index (κ1) is 35.0. The summed E-state index contributed by atoms with van der Waals surface area (Å²) < 4.78 is 50.8. The Morgan fingerprint density at radius 1 is 0.935 bits per heavy atom. The van der Waals surface area contributed by atoms with Gasteiger partial charge in [0.1, 0.15) is 11.7 Å². The minimum absolute atomic E-state index is 0.0987. The van der Waals surface area contributed by atoms with Crippen LogP contribution in [0.4, 0.5) is 13.2 Å². The highest BCUT2D eigenvalue weighted by atomic mass is 32.2. The number of halogens is 3. The van der Waals surface area contributed by atoms with Crippen molar-refractivity contribution in [3.8, 4) is 0 Å². The number of esters is 1. The van der Waals surface area contributed by atoms with Crippen molar-refractivity contribution in [3.05, 3.63) is 122 Å². The molecule has 0 radical (unpaired) electrons. The summed E-state index contributed by atoms with van der Waals surface area (Å²) in [5, 5.41) is 11.6. The monoisotopic (exact) mass is 652 g/mol. The molecule has 0 bridgehead atoms. The summed E-state index contributed by atoms with van der Waals surface area (Å²) in [6.07, 6.45) is 5.91. The number of rotatable bonds is 15. The third-order valence-electron chi connectivity index (χ3n) is 7.72. The number of aryl methyl sites for hydroxylation is 1. The molecule has 1 atom stereocenters. The minimum Gasteiger partial charge on any atom is -0.463 e. The molecule has 1 aromatic heterocycles. The first-order chi connectivity index (χ1) is 22.1. The Bertz CT molecular complexity index is 1710. The highest BCUT2D eigenvalue weighted by molar-refractivity contribution is 8.03. The number of alkyl halides is 3. The lowest BCUT2D eigenvalue weighted by atomic mass is 10.0. The van der Waals surface area contributed by atoms with E-state index in [2.05, 4.69) is 23.8 Å². The van der Waals surface area contributed by atoms with Gasteiger partial charge in [0.2, 0.25) is 5.76 Å². The number of carbonyl (C=O) groups is 1. The summed E-state index contributed by atoms with van der Waals surface area (Å²) >= 11 is 1.15. The number of carbonyl (C=O) groups excluding carboxylic acids is 1. The van der Waals surface area contributed by atoms with Crippen LogP contribution in [0.15, 0.2) is 97.9 Å². The van der Waals surface area contributed by atoms with E-state index < -0.39 is 29.2 Å². The molecule has 244 valence electrons. The summed E-state index contributed by atoms with van der Waals surface area (Å²) in [6, 6.07) is 18.7. The van der Waals surface area contributed by atoms with Gasteiger partial charge in [0.05, 0.1) is 18.1 Å². The molecule has 0 fully saturated rings. The normalized spacial score (nSPS) is 12.8. The van der Waals surface area contributed by atoms with Gasteiger partial charge in [0.25, 0.3) is 0 Å². The van der Waals surface area contributed by atoms with Crippen LogP contribution in [0.1, 0.15) is 90.8 Å². The SMILES string of the molecule is CCCCCCCCCc1cccc(CC=C(Sc2ccc3c(=O)cc(C(=O)OC)oc3c2)[C@@H](O)c2cccc(C(F)(F)F)c2)c1. The van der Waals surface area contributed by atoms with Gasteiger partial charge in [-0.25, -0.2) is 4.79 Å². The average molecular weight is 653 g/mol. The van der Waals surface area contributed by atoms with Gasteiger partial charge >= 0.3 is 12.1 Å². The van der Waals surface area contributed by atoms with Crippen molar-refractivity contribution in [2.75, 3.05) is 7.11 Å². The van der Waals surface area contributed by atoms with Crippen LogP contribution in [0.3, 0.4) is 0 Å². The van der Waals surface area contributed by atoms with Crippen LogP contribution in [0.25, 0.3) is 11.0 Å². The van der Waals surface area contributed by atoms with Crippen LogP contribution in [0.2, 0.25) is 0 Å². The van der Waals surface area contributed by atoms with Gasteiger partial charge in [-0.2, -0.15) is 13.2 Å². The standard InChI is InChI=1S/C37H39F3O5S/c1-3-4-5-6-7-8-9-12-25-13-10-14-26(21-25)17-20-34(35(42)27-15-11-16-28(22-27)37(38,39)40)46-29-18-19-30-31(41)24-33(36(43)44-2)45-32(30)23-29/h10-11,13-16,18-24,35,42H,3-9,12,17H2,1-2H3/t35-/m0/s1. The molecule has 1 heterocycles. The molecule has 0 amide bonds. The Labute approximate surface area is 271 Å². The predicted molar refractivity (Wildman–Crippen MR) is 176 cm³/mol. The number of benzene rings is 3. The number of thioether (sulfide) groups is 1. The third-order valence-corrected chi connectivity index (χ3v) is 8.84. The lowest BCUT2D eigenvalue weighted by Crippen LogP contribution is -2.08. The molecule has 0 aliphatic rings. The number of aliphatic hydroxyl groups excluding tert-OH is 1. The molecule has 1 N–H and O–H groups in total. The molecule has 0 saturated heterocycles. The van der Waals surface area contributed by atoms with Gasteiger partial charge in [-0.05, 0) is 66.3 Å². The molecule has 0 spiro atoms. The molecular formula is C37H39F3O5S. The van der Waals surface area contributed by atoms with Crippen molar-refractivity contribution < 1.29 is 32.2 Å². The topological polar surface area (TPSA) is 76.7 Å². The zero-order valence-electron chi connectivity index (χ0n) is 26.1. The number of fused-ring (bicyclic) bond motifs is 1. The maximum atomic E-state index is 13.5. The zero-order chi connectivity index (χ0) is 33.1. The fourth-order valence-corrected chi connectivity index (χ4v) is 6.20. The lowest BCUT2D eigenvalue weighted by Gasteiger charge is -2.17. The summed E-state index contributed by atoms with van der Waals surface area (Å²) in [4.78, 5) is 25.5. The number of unbranched alkanes of at least 4 members (excludes halogenated alkanes) is 6. The number of aliphatic hydroxyl groups is 1. The Kier molecular flexibility index (Phi) is 12.7. The quantitative estimate of drug-likeness (QED) is 0.0783. The summed E-state index contributed by atoms with van der Waals surface area (Å²) in [5.74, 6) is -1.05. The zero-order valence-corrected chi connectivity index (χ0v) is 26.9. The number of methoxy groups -OCH3 is 1. The fraction of sp³-hybridized carbons (Fsp3) is 0.351. The number of allylic oxidation sites excluding steroid dienone is 1. The molecule has 4 rings (SSSR count). The van der Waals surface area contributed by atoms with Crippen molar-refractivity contribution in [2.45, 2.75) is 81.9 Å². The van der Waals surface area contributed by atoms with Crippen molar-refractivity contribution >= 4 is 28.7 Å². The maximum absolute atomic E-state index is 13.5. The Morgan fingerprint density at radius 3 is 2.39 bits per heavy atom. The third kappa shape index (κ3) is 9.84. The van der Waals surface area contributed by atoms with Gasteiger partial charge < -0.3 is 14.3 Å². The van der Waals surface area contributed by atoms with Crippen LogP contribution in [-0.2, 0) is 23.8 Å². The summed E-state index contributed by atoms with van der Waals surface area (Å²) in [6.45, 7) is 2.21. The molecule has 0 saturated carbocycles. The molecule has 5 nitrogen and oxygen atoms in total. The van der Waals surface area contributed by atoms with Gasteiger partial charge in [0, 0.05) is 15.9 Å². The molecule has 0 aliphatic heterocycles. The number of hydrogen-bond donors (Lipinski definition) is 1. The van der Waals surface area contributed by atoms with E-state index >= 15 is 0 Å². The van der Waals surface area contributed by atoms with E-state index in [1.807, 2.05) is 18.2 Å².